The van der Waals surface area contributed by atoms with Crippen molar-refractivity contribution in [2.24, 2.45) is 11.7 Å². The van der Waals surface area contributed by atoms with E-state index in [1.165, 1.54) is 19.3 Å². The Balaban J connectivity index is 1.86. The SMILES string of the molecule is NC(=O)C(CCN1CCOCC1)(c1ccccc1)C1CCCCC1. The minimum Gasteiger partial charge on any atom is -0.379 e. The van der Waals surface area contributed by atoms with Gasteiger partial charge < -0.3 is 10.5 Å². The Morgan fingerprint density at radius 1 is 1.12 bits per heavy atom. The molecule has 1 atom stereocenters. The second-order valence-electron chi connectivity index (χ2n) is 7.24. The van der Waals surface area contributed by atoms with Crippen LogP contribution in [0.2, 0.25) is 0 Å². The number of carbonyl (C=O) groups is 1. The van der Waals surface area contributed by atoms with E-state index in [0.29, 0.717) is 5.92 Å². The van der Waals surface area contributed by atoms with Gasteiger partial charge in [0.1, 0.15) is 0 Å². The zero-order chi connectivity index (χ0) is 16.8. The molecule has 1 aliphatic heterocycles. The number of nitrogens with zero attached hydrogens (tertiary/aromatic N) is 1. The lowest BCUT2D eigenvalue weighted by molar-refractivity contribution is -0.127. The van der Waals surface area contributed by atoms with Crippen molar-refractivity contribution in [3.63, 3.8) is 0 Å². The largest absolute Gasteiger partial charge is 0.379 e. The summed E-state index contributed by atoms with van der Waals surface area (Å²) in [4.78, 5) is 15.2. The van der Waals surface area contributed by atoms with Crippen LogP contribution in [0.1, 0.15) is 44.1 Å². The van der Waals surface area contributed by atoms with Gasteiger partial charge in [0.2, 0.25) is 5.91 Å². The highest BCUT2D eigenvalue weighted by Crippen LogP contribution is 2.43. The Morgan fingerprint density at radius 2 is 1.79 bits per heavy atom. The number of nitrogens with two attached hydrogens (primary N) is 1. The molecule has 1 amide bonds. The van der Waals surface area contributed by atoms with E-state index in [2.05, 4.69) is 17.0 Å². The molecule has 1 aliphatic carbocycles. The molecule has 132 valence electrons. The van der Waals surface area contributed by atoms with Crippen molar-refractivity contribution in [2.75, 3.05) is 32.8 Å². The summed E-state index contributed by atoms with van der Waals surface area (Å²) in [6.45, 7) is 4.40. The molecule has 4 heteroatoms. The standard InChI is InChI=1S/C20H30N2O2/c21-19(23)20(17-7-3-1-4-8-17,18-9-5-2-6-10-18)11-12-22-13-15-24-16-14-22/h1,3-4,7-8,18H,2,5-6,9-16H2,(H2,21,23). The molecule has 1 saturated heterocycles. The van der Waals surface area contributed by atoms with Crippen LogP contribution in [0.3, 0.4) is 0 Å². The number of hydrogen-bond donors (Lipinski definition) is 1. The molecule has 1 unspecified atom stereocenters. The maximum atomic E-state index is 12.8. The third kappa shape index (κ3) is 3.65. The monoisotopic (exact) mass is 330 g/mol. The van der Waals surface area contributed by atoms with Gasteiger partial charge >= 0.3 is 0 Å². The van der Waals surface area contributed by atoms with Gasteiger partial charge in [0, 0.05) is 13.1 Å². The highest BCUT2D eigenvalue weighted by atomic mass is 16.5. The van der Waals surface area contributed by atoms with Gasteiger partial charge in [0.15, 0.2) is 0 Å². The molecular weight excluding hydrogens is 300 g/mol. The summed E-state index contributed by atoms with van der Waals surface area (Å²) in [7, 11) is 0. The van der Waals surface area contributed by atoms with Crippen molar-refractivity contribution in [1.29, 1.82) is 0 Å². The molecule has 0 radical (unpaired) electrons. The van der Waals surface area contributed by atoms with Crippen LogP contribution in [0.5, 0.6) is 0 Å². The summed E-state index contributed by atoms with van der Waals surface area (Å²) in [5.41, 5.74) is 6.65. The first kappa shape index (κ1) is 17.4. The Morgan fingerprint density at radius 3 is 2.42 bits per heavy atom. The number of amides is 1. The lowest BCUT2D eigenvalue weighted by atomic mass is 9.62. The summed E-state index contributed by atoms with van der Waals surface area (Å²) in [5.74, 6) is 0.223. The van der Waals surface area contributed by atoms with Gasteiger partial charge in [-0.2, -0.15) is 0 Å². The van der Waals surface area contributed by atoms with E-state index in [1.807, 2.05) is 18.2 Å². The molecule has 1 aromatic carbocycles. The first-order valence-corrected chi connectivity index (χ1v) is 9.39. The van der Waals surface area contributed by atoms with Crippen LogP contribution in [-0.2, 0) is 14.9 Å². The van der Waals surface area contributed by atoms with Crippen molar-refractivity contribution in [3.8, 4) is 0 Å². The number of ether oxygens (including phenoxy) is 1. The molecule has 1 aromatic rings. The Labute approximate surface area is 145 Å². The quantitative estimate of drug-likeness (QED) is 0.872. The van der Waals surface area contributed by atoms with E-state index in [0.717, 1.165) is 57.7 Å². The summed E-state index contributed by atoms with van der Waals surface area (Å²) in [6.07, 6.45) is 6.75. The molecule has 1 heterocycles. The molecule has 4 nitrogen and oxygen atoms in total. The van der Waals surface area contributed by atoms with Crippen LogP contribution in [0.4, 0.5) is 0 Å². The summed E-state index contributed by atoms with van der Waals surface area (Å²) >= 11 is 0. The number of morpholine rings is 1. The number of rotatable bonds is 6. The van der Waals surface area contributed by atoms with Gasteiger partial charge in [-0.05, 0) is 37.3 Å². The molecule has 2 aliphatic rings. The van der Waals surface area contributed by atoms with Crippen LogP contribution in [0.15, 0.2) is 30.3 Å². The van der Waals surface area contributed by atoms with Crippen molar-refractivity contribution >= 4 is 5.91 Å². The highest BCUT2D eigenvalue weighted by Gasteiger charge is 2.45. The zero-order valence-corrected chi connectivity index (χ0v) is 14.6. The van der Waals surface area contributed by atoms with Gasteiger partial charge in [0.05, 0.1) is 18.6 Å². The van der Waals surface area contributed by atoms with Crippen LogP contribution >= 0.6 is 0 Å². The first-order valence-electron chi connectivity index (χ1n) is 9.39. The van der Waals surface area contributed by atoms with Crippen molar-refractivity contribution in [3.05, 3.63) is 35.9 Å². The van der Waals surface area contributed by atoms with Crippen molar-refractivity contribution in [2.45, 2.75) is 43.9 Å². The molecule has 1 saturated carbocycles. The van der Waals surface area contributed by atoms with Crippen molar-refractivity contribution in [1.82, 2.24) is 4.90 Å². The maximum Gasteiger partial charge on any atom is 0.228 e. The lowest BCUT2D eigenvalue weighted by Gasteiger charge is -2.42. The van der Waals surface area contributed by atoms with Crippen LogP contribution in [0, 0.1) is 5.92 Å². The lowest BCUT2D eigenvalue weighted by Crippen LogP contribution is -2.50. The van der Waals surface area contributed by atoms with Crippen molar-refractivity contribution < 1.29 is 9.53 Å². The number of hydrogen-bond acceptors (Lipinski definition) is 3. The van der Waals surface area contributed by atoms with E-state index in [1.54, 1.807) is 0 Å². The Kier molecular flexibility index (Phi) is 5.90. The fraction of sp³-hybridized carbons (Fsp3) is 0.650. The van der Waals surface area contributed by atoms with E-state index in [-0.39, 0.29) is 5.91 Å². The topological polar surface area (TPSA) is 55.6 Å². The molecule has 2 N–H and O–H groups in total. The molecular formula is C20H30N2O2. The number of primary amides is 1. The molecule has 2 fully saturated rings. The van der Waals surface area contributed by atoms with E-state index < -0.39 is 5.41 Å². The van der Waals surface area contributed by atoms with Crippen LogP contribution in [0.25, 0.3) is 0 Å². The predicted octanol–water partition coefficient (Wildman–Crippen LogP) is 2.71. The fourth-order valence-corrected chi connectivity index (χ4v) is 4.54. The normalized spacial score (nSPS) is 22.8. The smallest absolute Gasteiger partial charge is 0.228 e. The predicted molar refractivity (Wildman–Crippen MR) is 95.8 cm³/mol. The molecule has 0 aromatic heterocycles. The van der Waals surface area contributed by atoms with Crippen LogP contribution < -0.4 is 5.73 Å². The Hall–Kier alpha value is -1.39. The maximum absolute atomic E-state index is 12.8. The minimum atomic E-state index is -0.528. The van der Waals surface area contributed by atoms with E-state index in [9.17, 15) is 4.79 Å². The third-order valence-corrected chi connectivity index (χ3v) is 5.96. The second-order valence-corrected chi connectivity index (χ2v) is 7.24. The van der Waals surface area contributed by atoms with E-state index in [4.69, 9.17) is 10.5 Å². The molecule has 3 rings (SSSR count). The average Bonchev–Trinajstić information content (AvgIpc) is 2.65. The van der Waals surface area contributed by atoms with Gasteiger partial charge in [-0.3, -0.25) is 9.69 Å². The fourth-order valence-electron chi connectivity index (χ4n) is 4.54. The summed E-state index contributed by atoms with van der Waals surface area (Å²) in [5, 5.41) is 0. The van der Waals surface area contributed by atoms with Gasteiger partial charge in [-0.15, -0.1) is 0 Å². The minimum absolute atomic E-state index is 0.145. The van der Waals surface area contributed by atoms with E-state index >= 15 is 0 Å². The average molecular weight is 330 g/mol. The van der Waals surface area contributed by atoms with Gasteiger partial charge in [-0.25, -0.2) is 0 Å². The Bertz CT molecular complexity index is 522. The molecule has 24 heavy (non-hydrogen) atoms. The molecule has 0 bridgehead atoms. The first-order chi connectivity index (χ1) is 11.7. The highest BCUT2D eigenvalue weighted by molar-refractivity contribution is 5.87. The second kappa shape index (κ2) is 8.13. The van der Waals surface area contributed by atoms with Gasteiger partial charge in [-0.1, -0.05) is 49.6 Å². The van der Waals surface area contributed by atoms with Gasteiger partial charge in [0.25, 0.3) is 0 Å². The number of benzene rings is 1. The van der Waals surface area contributed by atoms with Crippen LogP contribution in [-0.4, -0.2) is 43.7 Å². The zero-order valence-electron chi connectivity index (χ0n) is 14.6. The third-order valence-electron chi connectivity index (χ3n) is 5.96. The number of carbonyl (C=O) groups excluding carboxylic acids is 1. The summed E-state index contributed by atoms with van der Waals surface area (Å²) < 4.78 is 5.45. The molecule has 0 spiro atoms. The summed E-state index contributed by atoms with van der Waals surface area (Å²) in [6, 6.07) is 10.3.